The Balaban J connectivity index is 2.49. The van der Waals surface area contributed by atoms with Crippen molar-refractivity contribution in [2.24, 2.45) is 0 Å². The van der Waals surface area contributed by atoms with Gasteiger partial charge in [-0.1, -0.05) is 0 Å². The lowest BCUT2D eigenvalue weighted by atomic mass is 10.2. The third kappa shape index (κ3) is 2.97. The summed E-state index contributed by atoms with van der Waals surface area (Å²) in [7, 11) is 0. The van der Waals surface area contributed by atoms with Crippen LogP contribution in [0, 0.1) is 0 Å². The van der Waals surface area contributed by atoms with Crippen LogP contribution in [0.1, 0.15) is 29.5 Å². The molecule has 6 heteroatoms. The fraction of sp³-hybridized carbons (Fsp3) is 0.429. The summed E-state index contributed by atoms with van der Waals surface area (Å²) in [4.78, 5) is 15.4. The van der Waals surface area contributed by atoms with E-state index in [4.69, 9.17) is 10.2 Å². The Bertz CT molecular complexity index is 619. The van der Waals surface area contributed by atoms with E-state index in [1.165, 1.54) is 12.1 Å². The molecule has 0 radical (unpaired) electrons. The minimum Gasteiger partial charge on any atom is -0.478 e. The number of rotatable bonds is 6. The quantitative estimate of drug-likeness (QED) is 0.733. The van der Waals surface area contributed by atoms with Crippen molar-refractivity contribution < 1.29 is 20.1 Å². The van der Waals surface area contributed by atoms with Crippen LogP contribution in [-0.2, 0) is 13.0 Å². The van der Waals surface area contributed by atoms with Crippen LogP contribution in [0.25, 0.3) is 11.0 Å². The Morgan fingerprint density at radius 2 is 2.20 bits per heavy atom. The minimum atomic E-state index is -0.992. The van der Waals surface area contributed by atoms with Crippen LogP contribution in [0.3, 0.4) is 0 Å². The third-order valence-electron chi connectivity index (χ3n) is 3.08. The SMILES string of the molecule is CC(O)Cn1c(CCCO)nc2cc(C(=O)O)ccc21. The number of carboxylic acids is 1. The molecule has 20 heavy (non-hydrogen) atoms. The second-order valence-corrected chi connectivity index (χ2v) is 4.82. The van der Waals surface area contributed by atoms with Gasteiger partial charge in [0, 0.05) is 13.0 Å². The number of aryl methyl sites for hydroxylation is 1. The maximum absolute atomic E-state index is 11.0. The molecule has 3 N–H and O–H groups in total. The van der Waals surface area contributed by atoms with Crippen LogP contribution in [0.5, 0.6) is 0 Å². The van der Waals surface area contributed by atoms with Crippen molar-refractivity contribution in [2.75, 3.05) is 6.61 Å². The molecule has 2 rings (SSSR count). The van der Waals surface area contributed by atoms with Crippen LogP contribution < -0.4 is 0 Å². The number of aliphatic hydroxyl groups excluding tert-OH is 2. The topological polar surface area (TPSA) is 95.6 Å². The zero-order chi connectivity index (χ0) is 14.7. The summed E-state index contributed by atoms with van der Waals surface area (Å²) in [5, 5.41) is 27.5. The Morgan fingerprint density at radius 1 is 1.45 bits per heavy atom. The summed E-state index contributed by atoms with van der Waals surface area (Å²) in [6, 6.07) is 4.76. The number of fused-ring (bicyclic) bond motifs is 1. The van der Waals surface area contributed by atoms with Gasteiger partial charge in [-0.05, 0) is 31.5 Å². The molecule has 0 aliphatic heterocycles. The second-order valence-electron chi connectivity index (χ2n) is 4.82. The van der Waals surface area contributed by atoms with Gasteiger partial charge < -0.3 is 19.9 Å². The first kappa shape index (κ1) is 14.5. The van der Waals surface area contributed by atoms with E-state index in [0.29, 0.717) is 24.9 Å². The fourth-order valence-electron chi connectivity index (χ4n) is 2.21. The molecule has 6 nitrogen and oxygen atoms in total. The van der Waals surface area contributed by atoms with Gasteiger partial charge in [-0.25, -0.2) is 9.78 Å². The number of nitrogens with zero attached hydrogens (tertiary/aromatic N) is 2. The third-order valence-corrected chi connectivity index (χ3v) is 3.08. The molecule has 1 atom stereocenters. The molecular formula is C14H18N2O4. The minimum absolute atomic E-state index is 0.0677. The molecule has 0 aliphatic rings. The fourth-order valence-corrected chi connectivity index (χ4v) is 2.21. The maximum Gasteiger partial charge on any atom is 0.335 e. The Morgan fingerprint density at radius 3 is 2.80 bits per heavy atom. The summed E-state index contributed by atoms with van der Waals surface area (Å²) in [5.74, 6) is -0.244. The van der Waals surface area contributed by atoms with Gasteiger partial charge in [0.15, 0.2) is 0 Å². The summed E-state index contributed by atoms with van der Waals surface area (Å²) < 4.78 is 1.88. The predicted molar refractivity (Wildman–Crippen MR) is 73.8 cm³/mol. The first-order chi connectivity index (χ1) is 9.52. The highest BCUT2D eigenvalue weighted by Gasteiger charge is 2.14. The molecule has 0 bridgehead atoms. The molecule has 1 aromatic heterocycles. The average Bonchev–Trinajstić information content (AvgIpc) is 2.73. The molecule has 1 heterocycles. The number of aromatic nitrogens is 2. The van der Waals surface area contributed by atoms with E-state index >= 15 is 0 Å². The van der Waals surface area contributed by atoms with Gasteiger partial charge in [-0.15, -0.1) is 0 Å². The van der Waals surface area contributed by atoms with Gasteiger partial charge >= 0.3 is 5.97 Å². The second kappa shape index (κ2) is 6.02. The number of aromatic carboxylic acids is 1. The molecule has 108 valence electrons. The van der Waals surface area contributed by atoms with E-state index in [2.05, 4.69) is 4.98 Å². The van der Waals surface area contributed by atoms with Crippen molar-refractivity contribution in [2.45, 2.75) is 32.4 Å². The summed E-state index contributed by atoms with van der Waals surface area (Å²) in [6.45, 7) is 2.15. The van der Waals surface area contributed by atoms with Crippen molar-refractivity contribution in [1.82, 2.24) is 9.55 Å². The van der Waals surface area contributed by atoms with Crippen molar-refractivity contribution in [3.8, 4) is 0 Å². The summed E-state index contributed by atoms with van der Waals surface area (Å²) in [6.07, 6.45) is 0.634. The molecular weight excluding hydrogens is 260 g/mol. The molecule has 1 aromatic carbocycles. The first-order valence-corrected chi connectivity index (χ1v) is 6.54. The molecule has 0 spiro atoms. The van der Waals surface area contributed by atoms with Gasteiger partial charge in [-0.3, -0.25) is 0 Å². The van der Waals surface area contributed by atoms with E-state index in [1.807, 2.05) is 4.57 Å². The van der Waals surface area contributed by atoms with Gasteiger partial charge in [-0.2, -0.15) is 0 Å². The Kier molecular flexibility index (Phi) is 4.36. The van der Waals surface area contributed by atoms with Gasteiger partial charge in [0.25, 0.3) is 0 Å². The molecule has 0 saturated heterocycles. The van der Waals surface area contributed by atoms with Gasteiger partial charge in [0.2, 0.25) is 0 Å². The standard InChI is InChI=1S/C14H18N2O4/c1-9(18)8-16-12-5-4-10(14(19)20)7-11(12)15-13(16)3-2-6-17/h4-5,7,9,17-18H,2-3,6,8H2,1H3,(H,19,20). The van der Waals surface area contributed by atoms with Gasteiger partial charge in [0.1, 0.15) is 5.82 Å². The number of carboxylic acid groups (broad SMARTS) is 1. The first-order valence-electron chi connectivity index (χ1n) is 6.54. The molecule has 0 saturated carbocycles. The molecule has 1 unspecified atom stereocenters. The van der Waals surface area contributed by atoms with E-state index < -0.39 is 12.1 Å². The number of hydrogen-bond acceptors (Lipinski definition) is 4. The monoisotopic (exact) mass is 278 g/mol. The van der Waals surface area contributed by atoms with Crippen LogP contribution in [0.15, 0.2) is 18.2 Å². The largest absolute Gasteiger partial charge is 0.478 e. The van der Waals surface area contributed by atoms with Crippen LogP contribution >= 0.6 is 0 Å². The van der Waals surface area contributed by atoms with Crippen LogP contribution in [0.2, 0.25) is 0 Å². The smallest absolute Gasteiger partial charge is 0.335 e. The Hall–Kier alpha value is -1.92. The van der Waals surface area contributed by atoms with Crippen LogP contribution in [0.4, 0.5) is 0 Å². The lowest BCUT2D eigenvalue weighted by Gasteiger charge is -2.10. The number of benzene rings is 1. The zero-order valence-corrected chi connectivity index (χ0v) is 11.3. The molecule has 0 aliphatic carbocycles. The van der Waals surface area contributed by atoms with E-state index in [-0.39, 0.29) is 12.2 Å². The maximum atomic E-state index is 11.0. The summed E-state index contributed by atoms with van der Waals surface area (Å²) in [5.41, 5.74) is 1.58. The zero-order valence-electron chi connectivity index (χ0n) is 11.3. The normalized spacial score (nSPS) is 12.8. The number of aliphatic hydroxyl groups is 2. The van der Waals surface area contributed by atoms with Crippen molar-refractivity contribution in [3.63, 3.8) is 0 Å². The van der Waals surface area contributed by atoms with Crippen molar-refractivity contribution >= 4 is 17.0 Å². The number of carbonyl (C=O) groups is 1. The van der Waals surface area contributed by atoms with E-state index in [0.717, 1.165) is 11.3 Å². The predicted octanol–water partition coefficient (Wildman–Crippen LogP) is 1.04. The molecule has 0 amide bonds. The van der Waals surface area contributed by atoms with E-state index in [1.54, 1.807) is 13.0 Å². The van der Waals surface area contributed by atoms with Gasteiger partial charge in [0.05, 0.1) is 29.2 Å². The highest BCUT2D eigenvalue weighted by atomic mass is 16.4. The Labute approximate surface area is 116 Å². The summed E-state index contributed by atoms with van der Waals surface area (Å²) >= 11 is 0. The highest BCUT2D eigenvalue weighted by Crippen LogP contribution is 2.19. The molecule has 0 fully saturated rings. The number of imidazole rings is 1. The average molecular weight is 278 g/mol. The van der Waals surface area contributed by atoms with Crippen LogP contribution in [-0.4, -0.2) is 43.6 Å². The van der Waals surface area contributed by atoms with Crippen molar-refractivity contribution in [1.29, 1.82) is 0 Å². The van der Waals surface area contributed by atoms with Crippen molar-refractivity contribution in [3.05, 3.63) is 29.6 Å². The highest BCUT2D eigenvalue weighted by molar-refractivity contribution is 5.92. The lowest BCUT2D eigenvalue weighted by Crippen LogP contribution is -2.14. The lowest BCUT2D eigenvalue weighted by molar-refractivity contribution is 0.0697. The molecule has 2 aromatic rings. The van der Waals surface area contributed by atoms with E-state index in [9.17, 15) is 9.90 Å². The number of hydrogen-bond donors (Lipinski definition) is 3.